The summed E-state index contributed by atoms with van der Waals surface area (Å²) in [6, 6.07) is 0.231. The van der Waals surface area contributed by atoms with E-state index in [4.69, 9.17) is 5.11 Å². The molecule has 110 valence electrons. The molecule has 7 heteroatoms. The highest BCUT2D eigenvalue weighted by atomic mass is 16.2. The molecule has 2 aromatic rings. The van der Waals surface area contributed by atoms with Crippen molar-refractivity contribution >= 4 is 22.8 Å². The van der Waals surface area contributed by atoms with Gasteiger partial charge in [-0.25, -0.2) is 0 Å². The van der Waals surface area contributed by atoms with E-state index in [1.165, 1.54) is 0 Å². The summed E-state index contributed by atoms with van der Waals surface area (Å²) in [6.07, 6.45) is 4.40. The summed E-state index contributed by atoms with van der Waals surface area (Å²) < 4.78 is 0. The number of fused-ring (bicyclic) bond motifs is 1. The zero-order chi connectivity index (χ0) is 14.4. The number of anilines is 2. The highest BCUT2D eigenvalue weighted by molar-refractivity contribution is 5.87. The van der Waals surface area contributed by atoms with Crippen molar-refractivity contribution in [3.63, 3.8) is 0 Å². The second-order valence-electron chi connectivity index (χ2n) is 4.87. The average Bonchev–Trinajstić information content (AvgIpc) is 2.91. The topological polar surface area (TPSA) is 98.8 Å². The molecule has 20 heavy (non-hydrogen) atoms. The molecule has 0 fully saturated rings. The third kappa shape index (κ3) is 3.57. The van der Waals surface area contributed by atoms with Gasteiger partial charge in [-0.1, -0.05) is 6.92 Å². The third-order valence-corrected chi connectivity index (χ3v) is 3.02. The summed E-state index contributed by atoms with van der Waals surface area (Å²) in [4.78, 5) is 8.89. The van der Waals surface area contributed by atoms with Gasteiger partial charge in [0.2, 0.25) is 5.95 Å². The van der Waals surface area contributed by atoms with E-state index >= 15 is 0 Å². The van der Waals surface area contributed by atoms with Crippen molar-refractivity contribution in [1.29, 1.82) is 0 Å². The Morgan fingerprint density at radius 2 is 2.25 bits per heavy atom. The van der Waals surface area contributed by atoms with E-state index in [2.05, 4.69) is 44.6 Å². The number of rotatable bonds is 8. The van der Waals surface area contributed by atoms with Crippen molar-refractivity contribution in [2.24, 2.45) is 0 Å². The van der Waals surface area contributed by atoms with E-state index in [1.54, 1.807) is 6.20 Å². The molecule has 0 aliphatic rings. The Hall–Kier alpha value is -1.89. The Morgan fingerprint density at radius 3 is 3.00 bits per heavy atom. The highest BCUT2D eigenvalue weighted by Crippen LogP contribution is 2.21. The van der Waals surface area contributed by atoms with Gasteiger partial charge in [0, 0.05) is 19.2 Å². The smallest absolute Gasteiger partial charge is 0.226 e. The zero-order valence-electron chi connectivity index (χ0n) is 12.0. The number of hydrogen-bond donors (Lipinski definition) is 4. The summed E-state index contributed by atoms with van der Waals surface area (Å²) in [6.45, 7) is 5.21. The lowest BCUT2D eigenvalue weighted by Crippen LogP contribution is -2.17. The first-order valence-electron chi connectivity index (χ1n) is 7.07. The van der Waals surface area contributed by atoms with Crippen LogP contribution in [0.5, 0.6) is 0 Å². The molecule has 0 aliphatic heterocycles. The number of H-pyrrole nitrogens is 1. The van der Waals surface area contributed by atoms with Crippen molar-refractivity contribution in [3.05, 3.63) is 6.20 Å². The Bertz CT molecular complexity index is 541. The number of nitrogens with one attached hydrogen (secondary N) is 3. The molecule has 2 rings (SSSR count). The number of aliphatic hydroxyl groups is 1. The largest absolute Gasteiger partial charge is 0.396 e. The highest BCUT2D eigenvalue weighted by Gasteiger charge is 2.11. The minimum atomic E-state index is 0.209. The molecule has 7 nitrogen and oxygen atoms in total. The maximum absolute atomic E-state index is 8.88. The van der Waals surface area contributed by atoms with Crippen LogP contribution in [0.2, 0.25) is 0 Å². The number of aromatic nitrogens is 4. The fourth-order valence-corrected chi connectivity index (χ4v) is 1.96. The Kier molecular flexibility index (Phi) is 5.11. The third-order valence-electron chi connectivity index (χ3n) is 3.02. The van der Waals surface area contributed by atoms with Crippen LogP contribution >= 0.6 is 0 Å². The summed E-state index contributed by atoms with van der Waals surface area (Å²) in [5.41, 5.74) is 0.718. The van der Waals surface area contributed by atoms with Crippen molar-refractivity contribution in [1.82, 2.24) is 20.2 Å². The van der Waals surface area contributed by atoms with Crippen molar-refractivity contribution in [2.45, 2.75) is 39.2 Å². The molecule has 0 spiro atoms. The predicted molar refractivity (Wildman–Crippen MR) is 79.9 cm³/mol. The molecule has 0 aromatic carbocycles. The summed E-state index contributed by atoms with van der Waals surface area (Å²) in [7, 11) is 0. The SMILES string of the molecule is CCCNc1nc(NC(C)CCCO)c2cn[nH]c2n1. The van der Waals surface area contributed by atoms with Gasteiger partial charge in [0.05, 0.1) is 11.6 Å². The van der Waals surface area contributed by atoms with Gasteiger partial charge < -0.3 is 15.7 Å². The van der Waals surface area contributed by atoms with E-state index in [9.17, 15) is 0 Å². The van der Waals surface area contributed by atoms with Crippen LogP contribution in [0.25, 0.3) is 11.0 Å². The van der Waals surface area contributed by atoms with Crippen LogP contribution in [-0.2, 0) is 0 Å². The maximum atomic E-state index is 8.88. The molecular weight excluding hydrogens is 256 g/mol. The predicted octanol–water partition coefficient (Wildman–Crippen LogP) is 1.75. The lowest BCUT2D eigenvalue weighted by molar-refractivity contribution is 0.282. The van der Waals surface area contributed by atoms with Gasteiger partial charge in [-0.3, -0.25) is 5.10 Å². The second-order valence-corrected chi connectivity index (χ2v) is 4.87. The van der Waals surface area contributed by atoms with Crippen molar-refractivity contribution in [3.8, 4) is 0 Å². The molecule has 0 amide bonds. The minimum Gasteiger partial charge on any atom is -0.396 e. The molecule has 0 bridgehead atoms. The quantitative estimate of drug-likeness (QED) is 0.587. The average molecular weight is 278 g/mol. The van der Waals surface area contributed by atoms with Crippen LogP contribution < -0.4 is 10.6 Å². The van der Waals surface area contributed by atoms with Gasteiger partial charge in [0.15, 0.2) is 5.65 Å². The van der Waals surface area contributed by atoms with Crippen LogP contribution in [-0.4, -0.2) is 44.5 Å². The van der Waals surface area contributed by atoms with Crippen molar-refractivity contribution < 1.29 is 5.11 Å². The van der Waals surface area contributed by atoms with E-state index in [0.29, 0.717) is 5.95 Å². The summed E-state index contributed by atoms with van der Waals surface area (Å²) >= 11 is 0. The maximum Gasteiger partial charge on any atom is 0.226 e. The van der Waals surface area contributed by atoms with Gasteiger partial charge in [0.1, 0.15) is 5.82 Å². The van der Waals surface area contributed by atoms with E-state index < -0.39 is 0 Å². The second kappa shape index (κ2) is 7.04. The Labute approximate surface area is 118 Å². The van der Waals surface area contributed by atoms with Crippen LogP contribution in [0.4, 0.5) is 11.8 Å². The Morgan fingerprint density at radius 1 is 1.40 bits per heavy atom. The standard InChI is InChI=1S/C13H22N6O/c1-3-6-14-13-17-11(16-9(2)5-4-7-20)10-8-15-19-12(10)18-13/h8-9,20H,3-7H2,1-2H3,(H3,14,15,16,17,18,19). The molecule has 0 aliphatic carbocycles. The molecule has 0 saturated heterocycles. The summed E-state index contributed by atoms with van der Waals surface area (Å²) in [5.74, 6) is 1.37. The lowest BCUT2D eigenvalue weighted by Gasteiger charge is -2.15. The first kappa shape index (κ1) is 14.5. The van der Waals surface area contributed by atoms with Gasteiger partial charge >= 0.3 is 0 Å². The van der Waals surface area contributed by atoms with Gasteiger partial charge in [-0.15, -0.1) is 0 Å². The van der Waals surface area contributed by atoms with Crippen LogP contribution in [0.1, 0.15) is 33.1 Å². The first-order valence-corrected chi connectivity index (χ1v) is 7.07. The van der Waals surface area contributed by atoms with E-state index in [0.717, 1.165) is 42.7 Å². The van der Waals surface area contributed by atoms with Crippen LogP contribution in [0, 0.1) is 0 Å². The fourth-order valence-electron chi connectivity index (χ4n) is 1.96. The van der Waals surface area contributed by atoms with Gasteiger partial charge in [0.25, 0.3) is 0 Å². The molecule has 1 unspecified atom stereocenters. The van der Waals surface area contributed by atoms with E-state index in [-0.39, 0.29) is 12.6 Å². The van der Waals surface area contributed by atoms with Crippen LogP contribution in [0.15, 0.2) is 6.20 Å². The molecular formula is C13H22N6O. The molecule has 0 radical (unpaired) electrons. The van der Waals surface area contributed by atoms with Crippen molar-refractivity contribution in [2.75, 3.05) is 23.8 Å². The number of nitrogens with zero attached hydrogens (tertiary/aromatic N) is 3. The normalized spacial score (nSPS) is 12.6. The minimum absolute atomic E-state index is 0.209. The number of hydrogen-bond acceptors (Lipinski definition) is 6. The number of aliphatic hydroxyl groups excluding tert-OH is 1. The van der Waals surface area contributed by atoms with Crippen LogP contribution in [0.3, 0.4) is 0 Å². The molecule has 2 aromatic heterocycles. The molecule has 2 heterocycles. The molecule has 4 N–H and O–H groups in total. The zero-order valence-corrected chi connectivity index (χ0v) is 12.0. The monoisotopic (exact) mass is 278 g/mol. The van der Waals surface area contributed by atoms with Gasteiger partial charge in [-0.2, -0.15) is 15.1 Å². The first-order chi connectivity index (χ1) is 9.74. The summed E-state index contributed by atoms with van der Waals surface area (Å²) in [5, 5.41) is 23.2. The van der Waals surface area contributed by atoms with Gasteiger partial charge in [-0.05, 0) is 26.2 Å². The molecule has 0 saturated carbocycles. The Balaban J connectivity index is 2.18. The van der Waals surface area contributed by atoms with E-state index in [1.807, 2.05) is 0 Å². The fraction of sp³-hybridized carbons (Fsp3) is 0.615. The number of aromatic amines is 1. The lowest BCUT2D eigenvalue weighted by atomic mass is 10.2. The molecule has 1 atom stereocenters.